The number of hydrogen-bond acceptors (Lipinski definition) is 4. The Balaban J connectivity index is 2.59. The van der Waals surface area contributed by atoms with E-state index in [4.69, 9.17) is 5.73 Å². The summed E-state index contributed by atoms with van der Waals surface area (Å²) in [5.74, 6) is -0.796. The molecular weight excluding hydrogens is 208 g/mol. The van der Waals surface area contributed by atoms with E-state index >= 15 is 0 Å². The maximum Gasteiger partial charge on any atom is 0.331 e. The van der Waals surface area contributed by atoms with Gasteiger partial charge in [0.05, 0.1) is 13.0 Å². The van der Waals surface area contributed by atoms with Crippen molar-refractivity contribution in [2.45, 2.75) is 25.8 Å². The summed E-state index contributed by atoms with van der Waals surface area (Å²) in [5, 5.41) is 0. The van der Waals surface area contributed by atoms with E-state index < -0.39 is 5.97 Å². The van der Waals surface area contributed by atoms with Crippen LogP contribution in [0.25, 0.3) is 0 Å². The van der Waals surface area contributed by atoms with E-state index in [2.05, 4.69) is 11.7 Å². The van der Waals surface area contributed by atoms with Crippen molar-refractivity contribution in [3.05, 3.63) is 12.3 Å². The molecule has 2 atom stereocenters. The number of carbonyl (C=O) groups excluding carboxylic acids is 2. The van der Waals surface area contributed by atoms with Gasteiger partial charge in [-0.3, -0.25) is 4.79 Å². The van der Waals surface area contributed by atoms with Crippen LogP contribution < -0.4 is 5.73 Å². The lowest BCUT2D eigenvalue weighted by molar-refractivity contribution is -0.134. The van der Waals surface area contributed by atoms with Gasteiger partial charge in [0.15, 0.2) is 0 Å². The predicted octanol–water partition coefficient (Wildman–Crippen LogP) is 0.259. The molecule has 0 aromatic carbocycles. The molecule has 0 bridgehead atoms. The topological polar surface area (TPSA) is 72.6 Å². The fraction of sp³-hybridized carbons (Fsp3) is 0.636. The van der Waals surface area contributed by atoms with Gasteiger partial charge in [0.1, 0.15) is 0 Å². The lowest BCUT2D eigenvalue weighted by Gasteiger charge is -2.35. The molecule has 0 aromatic heterocycles. The van der Waals surface area contributed by atoms with Crippen molar-refractivity contribution in [3.63, 3.8) is 0 Å². The molecule has 16 heavy (non-hydrogen) atoms. The minimum Gasteiger partial charge on any atom is -0.466 e. The summed E-state index contributed by atoms with van der Waals surface area (Å²) in [5.41, 5.74) is 5.28. The molecule has 1 saturated heterocycles. The lowest BCUT2D eigenvalue weighted by Crippen LogP contribution is -2.43. The maximum atomic E-state index is 11.1. The molecule has 2 unspecified atom stereocenters. The van der Waals surface area contributed by atoms with Crippen LogP contribution in [0, 0.1) is 5.92 Å². The summed E-state index contributed by atoms with van der Waals surface area (Å²) in [6, 6.07) is 0.316. The second-order valence-electron chi connectivity index (χ2n) is 4.06. The van der Waals surface area contributed by atoms with Gasteiger partial charge in [-0.1, -0.05) is 0 Å². The van der Waals surface area contributed by atoms with Crippen molar-refractivity contribution in [2.24, 2.45) is 11.7 Å². The fourth-order valence-corrected chi connectivity index (χ4v) is 1.80. The van der Waals surface area contributed by atoms with E-state index in [0.717, 1.165) is 12.8 Å². The number of piperidine rings is 1. The van der Waals surface area contributed by atoms with Gasteiger partial charge < -0.3 is 15.4 Å². The maximum absolute atomic E-state index is 11.1. The molecule has 1 rings (SSSR count). The molecule has 1 aliphatic rings. The van der Waals surface area contributed by atoms with E-state index in [9.17, 15) is 9.59 Å². The molecule has 1 amide bonds. The number of primary amides is 1. The lowest BCUT2D eigenvalue weighted by atomic mass is 9.93. The quantitative estimate of drug-likeness (QED) is 0.553. The van der Waals surface area contributed by atoms with Crippen LogP contribution in [0.2, 0.25) is 0 Å². The molecule has 5 heteroatoms. The van der Waals surface area contributed by atoms with Crippen molar-refractivity contribution in [2.75, 3.05) is 13.7 Å². The normalized spacial score (nSPS) is 25.8. The summed E-state index contributed by atoms with van der Waals surface area (Å²) in [4.78, 5) is 24.0. The molecule has 5 nitrogen and oxygen atoms in total. The number of amides is 1. The minimum absolute atomic E-state index is 0.126. The van der Waals surface area contributed by atoms with Crippen LogP contribution in [0.15, 0.2) is 12.3 Å². The summed E-state index contributed by atoms with van der Waals surface area (Å²) in [6.45, 7) is 2.63. The monoisotopic (exact) mass is 226 g/mol. The Morgan fingerprint density at radius 2 is 2.12 bits per heavy atom. The first-order valence-electron chi connectivity index (χ1n) is 5.35. The molecule has 0 radical (unpaired) electrons. The van der Waals surface area contributed by atoms with Crippen molar-refractivity contribution >= 4 is 11.9 Å². The van der Waals surface area contributed by atoms with Gasteiger partial charge in [-0.2, -0.15) is 0 Å². The highest BCUT2D eigenvalue weighted by molar-refractivity contribution is 5.81. The van der Waals surface area contributed by atoms with Gasteiger partial charge in [0.25, 0.3) is 0 Å². The SMILES string of the molecule is COC(=O)C=CN1CC(C(N)=O)CCC1C. The standard InChI is InChI=1S/C11H18N2O3/c1-8-3-4-9(11(12)15)7-13(8)6-5-10(14)16-2/h5-6,8-9H,3-4,7H2,1-2H3,(H2,12,15). The van der Waals surface area contributed by atoms with Crippen LogP contribution in [-0.4, -0.2) is 36.5 Å². The highest BCUT2D eigenvalue weighted by atomic mass is 16.5. The number of methoxy groups -OCH3 is 1. The van der Waals surface area contributed by atoms with Gasteiger partial charge in [0, 0.05) is 24.9 Å². The summed E-state index contributed by atoms with van der Waals surface area (Å²) in [6.07, 6.45) is 4.75. The first-order chi connectivity index (χ1) is 7.54. The summed E-state index contributed by atoms with van der Waals surface area (Å²) < 4.78 is 4.51. The molecule has 0 spiro atoms. The first-order valence-corrected chi connectivity index (χ1v) is 5.35. The predicted molar refractivity (Wildman–Crippen MR) is 59.2 cm³/mol. The van der Waals surface area contributed by atoms with E-state index in [1.807, 2.05) is 4.90 Å². The third-order valence-electron chi connectivity index (χ3n) is 2.94. The smallest absolute Gasteiger partial charge is 0.331 e. The Labute approximate surface area is 95.2 Å². The Bertz CT molecular complexity index is 302. The highest BCUT2D eigenvalue weighted by Crippen LogP contribution is 2.21. The third kappa shape index (κ3) is 3.25. The number of likely N-dealkylation sites (tertiary alicyclic amines) is 1. The average molecular weight is 226 g/mol. The van der Waals surface area contributed by atoms with Crippen LogP contribution in [-0.2, 0) is 14.3 Å². The summed E-state index contributed by atoms with van der Waals surface area (Å²) in [7, 11) is 1.33. The van der Waals surface area contributed by atoms with E-state index in [1.54, 1.807) is 6.20 Å². The molecule has 2 N–H and O–H groups in total. The number of nitrogens with two attached hydrogens (primary N) is 1. The molecule has 0 aliphatic carbocycles. The fourth-order valence-electron chi connectivity index (χ4n) is 1.80. The largest absolute Gasteiger partial charge is 0.466 e. The van der Waals surface area contributed by atoms with Crippen molar-refractivity contribution in [3.8, 4) is 0 Å². The molecule has 0 saturated carbocycles. The molecule has 0 aromatic rings. The number of esters is 1. The molecule has 1 heterocycles. The number of carbonyl (C=O) groups is 2. The van der Waals surface area contributed by atoms with E-state index in [-0.39, 0.29) is 11.8 Å². The summed E-state index contributed by atoms with van der Waals surface area (Å²) >= 11 is 0. The number of ether oxygens (including phenoxy) is 1. The Kier molecular flexibility index (Phi) is 4.34. The molecule has 90 valence electrons. The van der Waals surface area contributed by atoms with Gasteiger partial charge in [0.2, 0.25) is 5.91 Å². The van der Waals surface area contributed by atoms with Gasteiger partial charge in [-0.15, -0.1) is 0 Å². The zero-order valence-electron chi connectivity index (χ0n) is 9.68. The van der Waals surface area contributed by atoms with Crippen LogP contribution in [0.3, 0.4) is 0 Å². The Morgan fingerprint density at radius 1 is 1.44 bits per heavy atom. The third-order valence-corrected chi connectivity index (χ3v) is 2.94. The molecule has 1 aliphatic heterocycles. The Morgan fingerprint density at radius 3 is 2.69 bits per heavy atom. The van der Waals surface area contributed by atoms with Crippen LogP contribution in [0.4, 0.5) is 0 Å². The van der Waals surface area contributed by atoms with Crippen molar-refractivity contribution in [1.82, 2.24) is 4.90 Å². The number of rotatable bonds is 3. The average Bonchev–Trinajstić information content (AvgIpc) is 2.27. The van der Waals surface area contributed by atoms with E-state index in [0.29, 0.717) is 12.6 Å². The zero-order chi connectivity index (χ0) is 12.1. The molecule has 1 fully saturated rings. The first kappa shape index (κ1) is 12.5. The zero-order valence-corrected chi connectivity index (χ0v) is 9.68. The van der Waals surface area contributed by atoms with Gasteiger partial charge >= 0.3 is 5.97 Å². The van der Waals surface area contributed by atoms with Crippen molar-refractivity contribution < 1.29 is 14.3 Å². The second-order valence-corrected chi connectivity index (χ2v) is 4.06. The second kappa shape index (κ2) is 5.53. The van der Waals surface area contributed by atoms with Crippen molar-refractivity contribution in [1.29, 1.82) is 0 Å². The minimum atomic E-state index is -0.395. The Hall–Kier alpha value is -1.52. The number of hydrogen-bond donors (Lipinski definition) is 1. The highest BCUT2D eigenvalue weighted by Gasteiger charge is 2.26. The van der Waals surface area contributed by atoms with E-state index in [1.165, 1.54) is 13.2 Å². The van der Waals surface area contributed by atoms with Gasteiger partial charge in [-0.25, -0.2) is 4.79 Å². The van der Waals surface area contributed by atoms with Crippen LogP contribution >= 0.6 is 0 Å². The van der Waals surface area contributed by atoms with Gasteiger partial charge in [-0.05, 0) is 19.8 Å². The molecular formula is C11H18N2O3. The van der Waals surface area contributed by atoms with Crippen LogP contribution in [0.1, 0.15) is 19.8 Å². The number of nitrogens with zero attached hydrogens (tertiary/aromatic N) is 1. The van der Waals surface area contributed by atoms with Crippen LogP contribution in [0.5, 0.6) is 0 Å².